The normalized spacial score (nSPS) is 11.9. The molecule has 0 spiro atoms. The third-order valence-electron chi connectivity index (χ3n) is 12.9. The van der Waals surface area contributed by atoms with Crippen LogP contribution in [0, 0.1) is 63.2 Å². The summed E-state index contributed by atoms with van der Waals surface area (Å²) in [7, 11) is -1.65. The Labute approximate surface area is 554 Å². The summed E-state index contributed by atoms with van der Waals surface area (Å²) in [6, 6.07) is 19.1. The molecule has 8 N–H and O–H groups in total. The fourth-order valence-electron chi connectivity index (χ4n) is 8.66. The SMILES string of the molecule is Cc1cc(Br)cc(N2CCCC2)c1.Cc1cc(Nc2ncn(-c3cncc(F)c3)n2)cc(N2CCCC2)c1.Nc1ncn(-c2cncc(F)c2)n1.Nc1ncn(-c2cncc(F)c2)n1.O=[N+]([O-])c1ncn(-c2cncc(F)c2)n1.O=[N+]([O-])c1ncn[nH]1.OB(O)c1cncc(F)c1. The lowest BCUT2D eigenvalue weighted by atomic mass is 9.82. The summed E-state index contributed by atoms with van der Waals surface area (Å²) >= 11 is 3.53. The van der Waals surface area contributed by atoms with Crippen molar-refractivity contribution < 1.29 is 41.8 Å². The second-order valence-corrected chi connectivity index (χ2v) is 21.1. The minimum absolute atomic E-state index is 0.0556. The number of pyridine rings is 5. The van der Waals surface area contributed by atoms with Crippen molar-refractivity contribution in [3.8, 4) is 22.7 Å². The summed E-state index contributed by atoms with van der Waals surface area (Å²) in [6.45, 7) is 8.86. The van der Waals surface area contributed by atoms with Crippen molar-refractivity contribution in [2.24, 2.45) is 0 Å². The molecule has 12 aromatic rings. The molecule has 0 saturated carbocycles. The number of rotatable bonds is 11. The number of nitrogen functional groups attached to an aromatic ring is 2. The molecule has 12 heterocycles. The van der Waals surface area contributed by atoms with Gasteiger partial charge in [-0.3, -0.25) is 24.9 Å². The van der Waals surface area contributed by atoms with Crippen LogP contribution in [0.1, 0.15) is 36.8 Å². The van der Waals surface area contributed by atoms with Gasteiger partial charge in [0.05, 0.1) is 72.8 Å². The van der Waals surface area contributed by atoms with Crippen molar-refractivity contribution in [2.45, 2.75) is 39.5 Å². The third kappa shape index (κ3) is 22.2. The molecular weight excluding hydrogens is 1340 g/mol. The van der Waals surface area contributed by atoms with E-state index in [1.54, 1.807) is 6.20 Å². The second-order valence-electron chi connectivity index (χ2n) is 20.2. The molecule has 0 radical (unpaired) electrons. The number of benzene rings is 2. The van der Waals surface area contributed by atoms with Gasteiger partial charge < -0.3 is 56.9 Å². The van der Waals surface area contributed by atoms with E-state index < -0.39 is 52.0 Å². The summed E-state index contributed by atoms with van der Waals surface area (Å²) in [5.41, 5.74) is 18.5. The Morgan fingerprint density at radius 3 is 1.30 bits per heavy atom. The molecule has 2 aromatic carbocycles. The van der Waals surface area contributed by atoms with Crippen LogP contribution in [0.2, 0.25) is 0 Å². The van der Waals surface area contributed by atoms with Crippen LogP contribution in [0.3, 0.4) is 0 Å². The molecule has 14 rings (SSSR count). The van der Waals surface area contributed by atoms with E-state index in [2.05, 4.69) is 162 Å². The molecule has 10 aromatic heterocycles. The number of H-pyrrole nitrogens is 1. The average molecular weight is 1400 g/mol. The largest absolute Gasteiger partial charge is 0.491 e. The zero-order valence-corrected chi connectivity index (χ0v) is 52.6. The van der Waals surface area contributed by atoms with Crippen LogP contribution < -0.4 is 32.0 Å². The van der Waals surface area contributed by atoms with Crippen molar-refractivity contribution in [2.75, 3.05) is 52.8 Å². The van der Waals surface area contributed by atoms with Gasteiger partial charge in [0, 0.05) is 88.7 Å². The average Bonchev–Trinajstić information content (AvgIpc) is 1.84. The van der Waals surface area contributed by atoms with Gasteiger partial charge in [-0.05, 0) is 103 Å². The highest BCUT2D eigenvalue weighted by Gasteiger charge is 2.17. The predicted octanol–water partition coefficient (Wildman–Crippen LogP) is 6.90. The first-order valence-electron chi connectivity index (χ1n) is 28.5. The fourth-order valence-corrected chi connectivity index (χ4v) is 9.26. The van der Waals surface area contributed by atoms with Gasteiger partial charge in [-0.15, -0.1) is 25.1 Å². The van der Waals surface area contributed by atoms with Crippen molar-refractivity contribution in [1.29, 1.82) is 0 Å². The highest BCUT2D eigenvalue weighted by atomic mass is 79.9. The molecule has 2 aliphatic rings. The van der Waals surface area contributed by atoms with Gasteiger partial charge in [0.2, 0.25) is 30.5 Å². The molecule has 97 heavy (non-hydrogen) atoms. The number of hydrogen-bond donors (Lipinski definition) is 6. The van der Waals surface area contributed by atoms with Crippen LogP contribution >= 0.6 is 15.9 Å². The number of anilines is 6. The van der Waals surface area contributed by atoms with E-state index in [4.69, 9.17) is 21.5 Å². The quantitative estimate of drug-likeness (QED) is 0.0332. The number of aromatic amines is 1. The second kappa shape index (κ2) is 34.6. The first-order chi connectivity index (χ1) is 46.6. The van der Waals surface area contributed by atoms with Crippen LogP contribution in [0.25, 0.3) is 22.7 Å². The number of nitro groups is 2. The number of aryl methyl sites for hydroxylation is 2. The number of nitrogens with zero attached hydrogens (tertiary/aromatic N) is 23. The number of aromatic nitrogens is 20. The van der Waals surface area contributed by atoms with Gasteiger partial charge in [-0.1, -0.05) is 31.0 Å². The molecule has 2 fully saturated rings. The smallest absolute Gasteiger partial charge is 0.423 e. The molecule has 33 nitrogen and oxygen atoms in total. The number of nitrogens with one attached hydrogen (secondary N) is 2. The van der Waals surface area contributed by atoms with Gasteiger partial charge in [-0.25, -0.2) is 46.0 Å². The molecule has 0 aliphatic carbocycles. The van der Waals surface area contributed by atoms with Gasteiger partial charge in [-0.2, -0.15) is 4.98 Å². The van der Waals surface area contributed by atoms with Crippen molar-refractivity contribution in [3.63, 3.8) is 0 Å². The lowest BCUT2D eigenvalue weighted by Crippen LogP contribution is -2.30. The molecule has 40 heteroatoms. The van der Waals surface area contributed by atoms with Crippen LogP contribution in [0.4, 0.5) is 68.8 Å². The maximum absolute atomic E-state index is 13.3. The van der Waals surface area contributed by atoms with E-state index in [0.717, 1.165) is 79.2 Å². The number of halogens is 6. The standard InChI is InChI=1S/C18H19FN6.C11H14BrN.C7H4FN5O2.2C7H6FN5.C5H5BFNO2.C2H2N4O2/c1-13-6-15(9-16(7-13)24-4-2-3-5-24)22-18-21-12-25(23-18)17-8-14(19)10-20-11-17;1-9-6-10(12)8-11(7-9)13-4-2-3-5-13;8-5-1-6(3-9-2-5)12-4-10-7(11-12)13(14)15;2*8-5-1-6(3-10-2-5)13-4-11-7(9)12-13;7-5-1-4(6(9)10)2-8-3-5;7-6(8)2-3-1-4-5-2/h6-12H,2-5H2,1H3,(H,22,23);6-8H,2-5H2,1H3;1-4H;2*1-4H,(H2,9,12);1-3,9-10H;1H,(H,3,4,5). The molecule has 0 atom stereocenters. The monoisotopic (exact) mass is 1400 g/mol. The molecular formula is C57H56BBrF5N27O6. The summed E-state index contributed by atoms with van der Waals surface area (Å²) in [5.74, 6) is -2.51. The Morgan fingerprint density at radius 2 is 0.928 bits per heavy atom. The van der Waals surface area contributed by atoms with E-state index in [9.17, 15) is 42.2 Å². The van der Waals surface area contributed by atoms with Gasteiger partial charge in [0.15, 0.2) is 0 Å². The zero-order valence-electron chi connectivity index (χ0n) is 51.0. The highest BCUT2D eigenvalue weighted by molar-refractivity contribution is 9.10. The Balaban J connectivity index is 0.000000149. The van der Waals surface area contributed by atoms with E-state index in [0.29, 0.717) is 23.0 Å². The van der Waals surface area contributed by atoms with Gasteiger partial charge >= 0.3 is 19.0 Å². The zero-order chi connectivity index (χ0) is 69.4. The molecule has 2 aliphatic heterocycles. The lowest BCUT2D eigenvalue weighted by Gasteiger charge is -2.19. The maximum Gasteiger partial charge on any atom is 0.491 e. The van der Waals surface area contributed by atoms with Crippen LogP contribution in [-0.2, 0) is 0 Å². The third-order valence-corrected chi connectivity index (χ3v) is 13.3. The van der Waals surface area contributed by atoms with Gasteiger partial charge in [0.1, 0.15) is 53.8 Å². The highest BCUT2D eigenvalue weighted by Crippen LogP contribution is 2.28. The van der Waals surface area contributed by atoms with E-state index in [-0.39, 0.29) is 29.0 Å². The number of hydrogen-bond acceptors (Lipinski definition) is 26. The maximum atomic E-state index is 13.3. The van der Waals surface area contributed by atoms with Crippen LogP contribution in [0.5, 0.6) is 0 Å². The Hall–Kier alpha value is -12.2. The molecule has 0 bridgehead atoms. The van der Waals surface area contributed by atoms with E-state index in [1.807, 2.05) is 0 Å². The summed E-state index contributed by atoms with van der Waals surface area (Å²) < 4.78 is 70.2. The summed E-state index contributed by atoms with van der Waals surface area (Å²) in [4.78, 5) is 60.0. The minimum atomic E-state index is -1.65. The van der Waals surface area contributed by atoms with E-state index in [1.165, 1.54) is 142 Å². The van der Waals surface area contributed by atoms with Crippen molar-refractivity contribution in [3.05, 3.63) is 225 Å². The lowest BCUT2D eigenvalue weighted by molar-refractivity contribution is -0.394. The first kappa shape index (κ1) is 70.7. The van der Waals surface area contributed by atoms with Crippen LogP contribution in [-0.4, -0.2) is 152 Å². The first-order valence-corrected chi connectivity index (χ1v) is 29.3. The summed E-state index contributed by atoms with van der Waals surface area (Å²) in [5, 5.41) is 61.1. The number of nitrogens with two attached hydrogens (primary N) is 2. The molecule has 500 valence electrons. The Kier molecular flexibility index (Phi) is 25.2. The molecule has 0 unspecified atom stereocenters. The topological polar surface area (TPSA) is 426 Å². The Bertz CT molecular complexity index is 4400. The van der Waals surface area contributed by atoms with Gasteiger partial charge in [0.25, 0.3) is 0 Å². The summed E-state index contributed by atoms with van der Waals surface area (Å²) in [6.07, 6.45) is 24.1. The van der Waals surface area contributed by atoms with Crippen LogP contribution in [0.15, 0.2) is 165 Å². The minimum Gasteiger partial charge on any atom is -0.423 e. The van der Waals surface area contributed by atoms with Crippen molar-refractivity contribution >= 4 is 75.3 Å². The fraction of sp³-hybridized carbons (Fsp3) is 0.175. The molecule has 2 saturated heterocycles. The van der Waals surface area contributed by atoms with E-state index >= 15 is 0 Å². The van der Waals surface area contributed by atoms with Crippen molar-refractivity contribution in [1.82, 2.24) is 99.2 Å². The Morgan fingerprint density at radius 1 is 0.505 bits per heavy atom. The predicted molar refractivity (Wildman–Crippen MR) is 345 cm³/mol. The molecule has 0 amide bonds.